The van der Waals surface area contributed by atoms with Gasteiger partial charge in [-0.15, -0.1) is 0 Å². The number of ether oxygens (including phenoxy) is 1. The maximum Gasteiger partial charge on any atom is 0.408 e. The number of unbranched alkanes of at least 4 members (excludes halogenated alkanes) is 6. The zero-order valence-corrected chi connectivity index (χ0v) is 15.4. The standard InChI is InChI=1S/C18H33NO5/c1-4-7-9-11-13-18(14-12-10-8-5-2)16(20)15(19(22)24-18)17(21)23-6-3/h16,20H,4-14H2,1-3H3. The molecule has 0 saturated carbocycles. The minimum absolute atomic E-state index is 0.156. The van der Waals surface area contributed by atoms with Crippen molar-refractivity contribution in [3.63, 3.8) is 0 Å². The molecule has 1 unspecified atom stereocenters. The maximum absolute atomic E-state index is 12.1. The normalized spacial score (nSPS) is 19.4. The molecule has 0 spiro atoms. The number of nitrogens with zero attached hydrogens (tertiary/aromatic N) is 1. The Bertz CT molecular complexity index is 410. The van der Waals surface area contributed by atoms with Crippen LogP contribution in [0.25, 0.3) is 0 Å². The van der Waals surface area contributed by atoms with Gasteiger partial charge in [0.05, 0.1) is 11.5 Å². The molecule has 0 aromatic rings. The van der Waals surface area contributed by atoms with E-state index in [0.29, 0.717) is 12.8 Å². The van der Waals surface area contributed by atoms with Crippen LogP contribution in [0.1, 0.15) is 85.0 Å². The highest BCUT2D eigenvalue weighted by atomic mass is 16.9. The van der Waals surface area contributed by atoms with Crippen molar-refractivity contribution < 1.29 is 24.4 Å². The lowest BCUT2D eigenvalue weighted by atomic mass is 9.83. The quantitative estimate of drug-likeness (QED) is 0.333. The minimum atomic E-state index is -1.22. The van der Waals surface area contributed by atoms with Crippen LogP contribution in [0.15, 0.2) is 0 Å². The van der Waals surface area contributed by atoms with Gasteiger partial charge in [-0.3, -0.25) is 5.21 Å². The summed E-state index contributed by atoms with van der Waals surface area (Å²) in [6, 6.07) is 0. The first kappa shape index (κ1) is 20.7. The molecule has 6 heteroatoms. The highest BCUT2D eigenvalue weighted by Crippen LogP contribution is 2.35. The van der Waals surface area contributed by atoms with Crippen LogP contribution in [-0.4, -0.2) is 40.0 Å². The van der Waals surface area contributed by atoms with Crippen molar-refractivity contribution in [1.29, 1.82) is 0 Å². The molecule has 1 heterocycles. The van der Waals surface area contributed by atoms with E-state index in [1.165, 1.54) is 0 Å². The Morgan fingerprint density at radius 1 is 1.12 bits per heavy atom. The van der Waals surface area contributed by atoms with E-state index in [1.807, 2.05) is 0 Å². The van der Waals surface area contributed by atoms with Crippen LogP contribution in [0, 0.1) is 5.21 Å². The van der Waals surface area contributed by atoms with E-state index in [0.717, 1.165) is 51.4 Å². The fourth-order valence-corrected chi connectivity index (χ4v) is 3.20. The zero-order valence-electron chi connectivity index (χ0n) is 15.4. The van der Waals surface area contributed by atoms with Crippen molar-refractivity contribution in [2.45, 2.75) is 96.7 Å². The first-order chi connectivity index (χ1) is 11.5. The number of aliphatic hydroxyl groups excluding tert-OH is 1. The Morgan fingerprint density at radius 2 is 1.67 bits per heavy atom. The van der Waals surface area contributed by atoms with Crippen molar-refractivity contribution in [1.82, 2.24) is 0 Å². The largest absolute Gasteiger partial charge is 0.458 e. The van der Waals surface area contributed by atoms with Gasteiger partial charge in [0.2, 0.25) is 0 Å². The van der Waals surface area contributed by atoms with Gasteiger partial charge in [-0.25, -0.2) is 4.79 Å². The minimum Gasteiger partial charge on any atom is -0.458 e. The van der Waals surface area contributed by atoms with E-state index in [2.05, 4.69) is 13.8 Å². The average molecular weight is 343 g/mol. The molecular formula is C18H33NO5. The number of carbonyl (C=O) groups is 1. The number of aliphatic hydroxyl groups is 1. The van der Waals surface area contributed by atoms with Gasteiger partial charge in [-0.1, -0.05) is 65.2 Å². The van der Waals surface area contributed by atoms with Crippen molar-refractivity contribution >= 4 is 11.7 Å². The molecule has 0 bridgehead atoms. The molecule has 1 N–H and O–H groups in total. The van der Waals surface area contributed by atoms with E-state index in [-0.39, 0.29) is 17.2 Å². The van der Waals surface area contributed by atoms with Crippen molar-refractivity contribution in [2.24, 2.45) is 0 Å². The van der Waals surface area contributed by atoms with E-state index in [1.54, 1.807) is 6.92 Å². The summed E-state index contributed by atoms with van der Waals surface area (Å²) in [4.78, 5) is 17.6. The van der Waals surface area contributed by atoms with E-state index in [9.17, 15) is 15.1 Å². The second-order valence-corrected chi connectivity index (χ2v) is 6.54. The van der Waals surface area contributed by atoms with Crippen LogP contribution in [0.4, 0.5) is 0 Å². The van der Waals surface area contributed by atoms with Gasteiger partial charge in [0, 0.05) is 0 Å². The van der Waals surface area contributed by atoms with Crippen molar-refractivity contribution in [3.8, 4) is 0 Å². The molecule has 1 aliphatic heterocycles. The van der Waals surface area contributed by atoms with Gasteiger partial charge >= 0.3 is 11.7 Å². The number of esters is 1. The summed E-state index contributed by atoms with van der Waals surface area (Å²) in [5.41, 5.74) is -1.31. The molecule has 6 nitrogen and oxygen atoms in total. The molecule has 0 aliphatic carbocycles. The van der Waals surface area contributed by atoms with E-state index < -0.39 is 17.7 Å². The lowest BCUT2D eigenvalue weighted by Crippen LogP contribution is -2.46. The number of carbonyl (C=O) groups excluding carboxylic acids is 1. The molecule has 1 atom stereocenters. The molecular weight excluding hydrogens is 310 g/mol. The van der Waals surface area contributed by atoms with Crippen LogP contribution >= 0.6 is 0 Å². The Kier molecular flexibility index (Phi) is 9.11. The molecule has 0 radical (unpaired) electrons. The fourth-order valence-electron chi connectivity index (χ4n) is 3.20. The SMILES string of the molecule is CCCCCCC1(CCCCCC)O[N+]([O-])=C(C(=O)OCC)C1O. The molecule has 140 valence electrons. The molecule has 1 rings (SSSR count). The number of hydrogen-bond donors (Lipinski definition) is 1. The molecule has 24 heavy (non-hydrogen) atoms. The second kappa shape index (κ2) is 10.5. The number of rotatable bonds is 12. The molecule has 0 aromatic heterocycles. The summed E-state index contributed by atoms with van der Waals surface area (Å²) in [5.74, 6) is -0.788. The topological polar surface area (TPSA) is 81.8 Å². The molecule has 1 aliphatic rings. The smallest absolute Gasteiger partial charge is 0.408 e. The molecule has 0 saturated heterocycles. The highest BCUT2D eigenvalue weighted by molar-refractivity contribution is 6.36. The van der Waals surface area contributed by atoms with Crippen LogP contribution in [-0.2, 0) is 14.4 Å². The van der Waals surface area contributed by atoms with Crippen LogP contribution in [0.5, 0.6) is 0 Å². The average Bonchev–Trinajstić information content (AvgIpc) is 2.79. The lowest BCUT2D eigenvalue weighted by Gasteiger charge is -2.32. The zero-order chi connectivity index (χ0) is 18.0. The summed E-state index contributed by atoms with van der Waals surface area (Å²) in [6.45, 7) is 6.09. The Hall–Kier alpha value is -1.30. The molecule has 0 fully saturated rings. The van der Waals surface area contributed by atoms with Crippen LogP contribution in [0.2, 0.25) is 0 Å². The summed E-state index contributed by atoms with van der Waals surface area (Å²) in [7, 11) is 0. The van der Waals surface area contributed by atoms with Gasteiger partial charge < -0.3 is 14.7 Å². The molecule has 0 aromatic carbocycles. The van der Waals surface area contributed by atoms with Gasteiger partial charge in [0.15, 0.2) is 6.10 Å². The van der Waals surface area contributed by atoms with Gasteiger partial charge in [-0.2, -0.15) is 0 Å². The Balaban J connectivity index is 2.80. The first-order valence-corrected chi connectivity index (χ1v) is 9.40. The summed E-state index contributed by atoms with van der Waals surface area (Å²) in [6.07, 6.45) is 8.14. The summed E-state index contributed by atoms with van der Waals surface area (Å²) in [5, 5.41) is 22.8. The van der Waals surface area contributed by atoms with Crippen molar-refractivity contribution in [3.05, 3.63) is 5.21 Å². The Labute approximate surface area is 145 Å². The fraction of sp³-hybridized carbons (Fsp3) is 0.889. The van der Waals surface area contributed by atoms with Gasteiger partial charge in [0.25, 0.3) is 0 Å². The predicted octanol–water partition coefficient (Wildman–Crippen LogP) is 3.49. The number of hydrogen-bond acceptors (Lipinski definition) is 5. The van der Waals surface area contributed by atoms with Crippen molar-refractivity contribution in [2.75, 3.05) is 6.61 Å². The van der Waals surface area contributed by atoms with Crippen LogP contribution in [0.3, 0.4) is 0 Å². The van der Waals surface area contributed by atoms with Gasteiger partial charge in [0.1, 0.15) is 5.60 Å². The third-order valence-electron chi connectivity index (χ3n) is 4.61. The maximum atomic E-state index is 12.1. The monoisotopic (exact) mass is 343 g/mol. The Morgan fingerprint density at radius 3 is 2.12 bits per heavy atom. The predicted molar refractivity (Wildman–Crippen MR) is 92.6 cm³/mol. The third kappa shape index (κ3) is 5.36. The highest BCUT2D eigenvalue weighted by Gasteiger charge is 2.54. The summed E-state index contributed by atoms with van der Waals surface area (Å²) < 4.78 is 4.89. The van der Waals surface area contributed by atoms with E-state index in [4.69, 9.17) is 9.57 Å². The van der Waals surface area contributed by atoms with Gasteiger partial charge in [-0.05, 0) is 19.8 Å². The molecule has 0 amide bonds. The first-order valence-electron chi connectivity index (χ1n) is 9.40. The van der Waals surface area contributed by atoms with E-state index >= 15 is 0 Å². The lowest BCUT2D eigenvalue weighted by molar-refractivity contribution is -0.753. The summed E-state index contributed by atoms with van der Waals surface area (Å²) >= 11 is 0. The second-order valence-electron chi connectivity index (χ2n) is 6.54. The van der Waals surface area contributed by atoms with Crippen LogP contribution < -0.4 is 0 Å². The third-order valence-corrected chi connectivity index (χ3v) is 4.61.